The Hall–Kier alpha value is -2.02. The molecule has 0 saturated carbocycles. The van der Waals surface area contributed by atoms with Crippen LogP contribution in [-0.2, 0) is 6.42 Å². The van der Waals surface area contributed by atoms with Gasteiger partial charge in [0.25, 0.3) is 0 Å². The van der Waals surface area contributed by atoms with E-state index in [1.807, 2.05) is 0 Å². The summed E-state index contributed by atoms with van der Waals surface area (Å²) >= 11 is 1.60. The maximum absolute atomic E-state index is 13.2. The van der Waals surface area contributed by atoms with Crippen LogP contribution in [0.25, 0.3) is 16.4 Å². The van der Waals surface area contributed by atoms with E-state index in [9.17, 15) is 4.39 Å². The zero-order chi connectivity index (χ0) is 15.8. The lowest BCUT2D eigenvalue weighted by atomic mass is 10.1. The van der Waals surface area contributed by atoms with Crippen molar-refractivity contribution in [3.63, 3.8) is 0 Å². The highest BCUT2D eigenvalue weighted by atomic mass is 32.1. The Balaban J connectivity index is 1.55. The number of anilines is 1. The van der Waals surface area contributed by atoms with Gasteiger partial charge in [0.1, 0.15) is 22.7 Å². The summed E-state index contributed by atoms with van der Waals surface area (Å²) in [7, 11) is 0. The molecule has 1 saturated heterocycles. The monoisotopic (exact) mass is 331 g/mol. The van der Waals surface area contributed by atoms with Crippen LogP contribution in [-0.4, -0.2) is 40.8 Å². The van der Waals surface area contributed by atoms with E-state index in [-0.39, 0.29) is 0 Å². The smallest absolute Gasteiger partial charge is 0.147 e. The Labute approximate surface area is 138 Å². The highest BCUT2D eigenvalue weighted by Gasteiger charge is 2.21. The second-order valence-electron chi connectivity index (χ2n) is 5.87. The van der Waals surface area contributed by atoms with E-state index in [0.717, 1.165) is 45.8 Å². The van der Waals surface area contributed by atoms with Crippen LogP contribution in [0.1, 0.15) is 23.4 Å². The van der Waals surface area contributed by atoms with Crippen LogP contribution in [0.5, 0.6) is 0 Å². The number of aromatic nitrogens is 3. The molecule has 0 aliphatic carbocycles. The molecular weight excluding hydrogens is 313 g/mol. The maximum Gasteiger partial charge on any atom is 0.147 e. The molecule has 23 heavy (non-hydrogen) atoms. The van der Waals surface area contributed by atoms with Crippen LogP contribution >= 0.6 is 11.3 Å². The molecule has 1 fully saturated rings. The molecule has 2 aromatic heterocycles. The molecule has 4 rings (SSSR count). The Kier molecular flexibility index (Phi) is 3.72. The fraction of sp³-hybridized carbons (Fsp3) is 0.438. The summed E-state index contributed by atoms with van der Waals surface area (Å²) in [6.45, 7) is 6.31. The Morgan fingerprint density at radius 3 is 2.78 bits per heavy atom. The van der Waals surface area contributed by atoms with Gasteiger partial charge >= 0.3 is 0 Å². The second-order valence-corrected chi connectivity index (χ2v) is 6.87. The van der Waals surface area contributed by atoms with E-state index in [0.29, 0.717) is 25.9 Å². The first kappa shape index (κ1) is 14.6. The molecule has 0 spiro atoms. The molecule has 2 aromatic rings. The first-order chi connectivity index (χ1) is 11.2. The predicted molar refractivity (Wildman–Crippen MR) is 90.2 cm³/mol. The number of piperidine rings is 1. The topological polar surface area (TPSA) is 53.9 Å². The molecule has 2 aliphatic heterocycles. The average molecular weight is 331 g/mol. The van der Waals surface area contributed by atoms with Gasteiger partial charge in [-0.25, -0.2) is 19.3 Å². The van der Waals surface area contributed by atoms with Crippen molar-refractivity contribution < 1.29 is 4.39 Å². The Morgan fingerprint density at radius 2 is 2.09 bits per heavy atom. The van der Waals surface area contributed by atoms with Gasteiger partial charge in [-0.2, -0.15) is 0 Å². The first-order valence-corrected chi connectivity index (χ1v) is 8.66. The number of thiazole rings is 1. The molecule has 4 heterocycles. The van der Waals surface area contributed by atoms with E-state index in [4.69, 9.17) is 0 Å². The van der Waals surface area contributed by atoms with Crippen molar-refractivity contribution in [2.24, 2.45) is 0 Å². The number of hydrogen-bond acceptors (Lipinski definition) is 6. The summed E-state index contributed by atoms with van der Waals surface area (Å²) in [4.78, 5) is 16.9. The summed E-state index contributed by atoms with van der Waals surface area (Å²) in [5, 5.41) is 4.14. The van der Waals surface area contributed by atoms with Gasteiger partial charge in [0, 0.05) is 31.8 Å². The van der Waals surface area contributed by atoms with Crippen LogP contribution in [0.15, 0.2) is 19.0 Å². The van der Waals surface area contributed by atoms with E-state index in [1.54, 1.807) is 23.7 Å². The van der Waals surface area contributed by atoms with E-state index in [1.165, 1.54) is 0 Å². The van der Waals surface area contributed by atoms with Crippen LogP contribution < -0.4 is 10.2 Å². The third-order valence-electron chi connectivity index (χ3n) is 4.28. The van der Waals surface area contributed by atoms with Crippen molar-refractivity contribution in [2.45, 2.75) is 25.4 Å². The van der Waals surface area contributed by atoms with Crippen molar-refractivity contribution >= 4 is 22.9 Å². The lowest BCUT2D eigenvalue weighted by molar-refractivity contribution is 0.276. The molecule has 0 aromatic carbocycles. The van der Waals surface area contributed by atoms with Crippen molar-refractivity contribution in [2.75, 3.05) is 24.5 Å². The number of nitrogens with zero attached hydrogens (tertiary/aromatic N) is 4. The number of fused-ring (bicyclic) bond motifs is 1. The molecule has 7 heteroatoms. The predicted octanol–water partition coefficient (Wildman–Crippen LogP) is 2.65. The van der Waals surface area contributed by atoms with Crippen LogP contribution in [0.2, 0.25) is 0 Å². The average Bonchev–Trinajstić information content (AvgIpc) is 3.01. The minimum atomic E-state index is -0.679. The third-order valence-corrected chi connectivity index (χ3v) is 5.46. The first-order valence-electron chi connectivity index (χ1n) is 7.85. The molecule has 1 N–H and O–H groups in total. The van der Waals surface area contributed by atoms with Crippen LogP contribution in [0.4, 0.5) is 10.2 Å². The van der Waals surface area contributed by atoms with E-state index >= 15 is 0 Å². The lowest BCUT2D eigenvalue weighted by Gasteiger charge is -2.29. The minimum Gasteiger partial charge on any atom is -0.384 e. The molecule has 0 radical (unpaired) electrons. The third kappa shape index (κ3) is 2.81. The molecule has 5 nitrogen and oxygen atoms in total. The number of alkyl halides is 1. The largest absolute Gasteiger partial charge is 0.384 e. The van der Waals surface area contributed by atoms with Crippen molar-refractivity contribution in [3.05, 3.63) is 29.5 Å². The molecule has 0 unspecified atom stereocenters. The molecule has 120 valence electrons. The highest BCUT2D eigenvalue weighted by molar-refractivity contribution is 7.16. The summed E-state index contributed by atoms with van der Waals surface area (Å²) in [5.41, 5.74) is 2.81. The van der Waals surface area contributed by atoms with Gasteiger partial charge in [-0.1, -0.05) is 6.58 Å². The molecule has 0 bridgehead atoms. The number of halogens is 1. The number of nitrogens with one attached hydrogen (secondary N) is 1. The fourth-order valence-electron chi connectivity index (χ4n) is 2.95. The van der Waals surface area contributed by atoms with Crippen LogP contribution in [0.3, 0.4) is 0 Å². The molecular formula is C16H18FN5S. The SMILES string of the molecule is C=C1NCCc2nc(-c3cnc(N4CCC(F)CC4)cn3)sc21. The quantitative estimate of drug-likeness (QED) is 0.917. The highest BCUT2D eigenvalue weighted by Crippen LogP contribution is 2.32. The van der Waals surface area contributed by atoms with Gasteiger partial charge in [-0.15, -0.1) is 11.3 Å². The zero-order valence-electron chi connectivity index (χ0n) is 12.8. The Morgan fingerprint density at radius 1 is 1.26 bits per heavy atom. The standard InChI is InChI=1S/C16H18FN5S/c1-10-15-12(2-5-18-10)21-16(23-15)13-8-20-14(9-19-13)22-6-3-11(17)4-7-22/h8-9,11,18H,1-7H2. The maximum atomic E-state index is 13.2. The van der Waals surface area contributed by atoms with E-state index < -0.39 is 6.17 Å². The molecule has 0 amide bonds. The molecule has 0 atom stereocenters. The van der Waals surface area contributed by atoms with Gasteiger partial charge in [0.15, 0.2) is 0 Å². The second kappa shape index (κ2) is 5.88. The van der Waals surface area contributed by atoms with Gasteiger partial charge in [-0.3, -0.25) is 0 Å². The number of rotatable bonds is 2. The van der Waals surface area contributed by atoms with Gasteiger partial charge in [0.05, 0.1) is 23.0 Å². The van der Waals surface area contributed by atoms with E-state index in [2.05, 4.69) is 31.7 Å². The lowest BCUT2D eigenvalue weighted by Crippen LogP contribution is -2.34. The summed E-state index contributed by atoms with van der Waals surface area (Å²) in [6.07, 6.45) is 4.89. The Bertz CT molecular complexity index is 719. The van der Waals surface area contributed by atoms with Gasteiger partial charge in [0.2, 0.25) is 0 Å². The van der Waals surface area contributed by atoms with Gasteiger partial charge in [-0.05, 0) is 12.8 Å². The van der Waals surface area contributed by atoms with Crippen molar-refractivity contribution in [1.29, 1.82) is 0 Å². The van der Waals surface area contributed by atoms with Gasteiger partial charge < -0.3 is 10.2 Å². The summed E-state index contributed by atoms with van der Waals surface area (Å²) < 4.78 is 13.2. The normalized spacial score (nSPS) is 18.7. The summed E-state index contributed by atoms with van der Waals surface area (Å²) in [6, 6.07) is 0. The number of hydrogen-bond donors (Lipinski definition) is 1. The van der Waals surface area contributed by atoms with Crippen LogP contribution in [0, 0.1) is 0 Å². The minimum absolute atomic E-state index is 0.567. The fourth-order valence-corrected chi connectivity index (χ4v) is 3.97. The van der Waals surface area contributed by atoms with Crippen molar-refractivity contribution in [3.8, 4) is 10.7 Å². The van der Waals surface area contributed by atoms with Crippen molar-refractivity contribution in [1.82, 2.24) is 20.3 Å². The zero-order valence-corrected chi connectivity index (χ0v) is 13.6. The molecule has 2 aliphatic rings. The summed E-state index contributed by atoms with van der Waals surface area (Å²) in [5.74, 6) is 0.813.